The van der Waals surface area contributed by atoms with Crippen molar-refractivity contribution in [2.75, 3.05) is 6.54 Å². The number of aromatic hydroxyl groups is 1. The van der Waals surface area contributed by atoms with Gasteiger partial charge in [-0.3, -0.25) is 4.79 Å². The number of phenolic OH excluding ortho intramolecular Hbond substituents is 1. The van der Waals surface area contributed by atoms with Crippen LogP contribution in [0.1, 0.15) is 29.6 Å². The van der Waals surface area contributed by atoms with Crippen molar-refractivity contribution in [2.45, 2.75) is 19.3 Å². The van der Waals surface area contributed by atoms with E-state index in [1.54, 1.807) is 12.1 Å². The standard InChI is InChI=1S/C12H15IN2O2S/c13-8-4-5-10(16)9(7-8)12(17)15-6-2-1-3-11(14)18/h4-5,7,16H,1-3,6H2,(H2,14,18)(H,15,17). The molecule has 0 atom stereocenters. The zero-order chi connectivity index (χ0) is 13.5. The number of amides is 1. The number of carbonyl (C=O) groups excluding carboxylic acids is 1. The van der Waals surface area contributed by atoms with E-state index < -0.39 is 0 Å². The molecular weight excluding hydrogens is 363 g/mol. The van der Waals surface area contributed by atoms with E-state index in [9.17, 15) is 9.90 Å². The number of hydrogen-bond donors (Lipinski definition) is 3. The van der Waals surface area contributed by atoms with Crippen molar-refractivity contribution < 1.29 is 9.90 Å². The van der Waals surface area contributed by atoms with Gasteiger partial charge in [-0.2, -0.15) is 0 Å². The summed E-state index contributed by atoms with van der Waals surface area (Å²) in [7, 11) is 0. The van der Waals surface area contributed by atoms with Gasteiger partial charge in [-0.05, 0) is 60.1 Å². The van der Waals surface area contributed by atoms with Crippen LogP contribution in [0, 0.1) is 3.57 Å². The average molecular weight is 378 g/mol. The van der Waals surface area contributed by atoms with Crippen molar-refractivity contribution in [2.24, 2.45) is 5.73 Å². The number of halogens is 1. The molecule has 0 aliphatic rings. The van der Waals surface area contributed by atoms with Crippen LogP contribution in [0.4, 0.5) is 0 Å². The largest absolute Gasteiger partial charge is 0.507 e. The number of carbonyl (C=O) groups is 1. The van der Waals surface area contributed by atoms with E-state index >= 15 is 0 Å². The van der Waals surface area contributed by atoms with E-state index in [-0.39, 0.29) is 11.7 Å². The van der Waals surface area contributed by atoms with Gasteiger partial charge in [0.15, 0.2) is 0 Å². The number of rotatable bonds is 6. The molecule has 18 heavy (non-hydrogen) atoms. The average Bonchev–Trinajstić information content (AvgIpc) is 2.31. The second-order valence-corrected chi connectivity index (χ2v) is 5.61. The predicted molar refractivity (Wildman–Crippen MR) is 83.8 cm³/mol. The molecule has 0 unspecified atom stereocenters. The molecule has 0 saturated heterocycles. The van der Waals surface area contributed by atoms with Gasteiger partial charge >= 0.3 is 0 Å². The first-order valence-electron chi connectivity index (χ1n) is 5.55. The molecule has 0 spiro atoms. The molecule has 0 aromatic heterocycles. The molecule has 1 rings (SSSR count). The molecule has 0 heterocycles. The Balaban J connectivity index is 2.41. The molecular formula is C12H15IN2O2S. The van der Waals surface area contributed by atoms with Crippen molar-refractivity contribution in [1.82, 2.24) is 5.32 Å². The third-order valence-electron chi connectivity index (χ3n) is 2.34. The Morgan fingerprint density at radius 3 is 2.83 bits per heavy atom. The highest BCUT2D eigenvalue weighted by Crippen LogP contribution is 2.19. The van der Waals surface area contributed by atoms with Crippen molar-refractivity contribution in [3.05, 3.63) is 27.3 Å². The van der Waals surface area contributed by atoms with E-state index in [1.807, 2.05) is 0 Å². The highest BCUT2D eigenvalue weighted by molar-refractivity contribution is 14.1. The summed E-state index contributed by atoms with van der Waals surface area (Å²) in [6.07, 6.45) is 2.36. The molecule has 1 amide bonds. The summed E-state index contributed by atoms with van der Waals surface area (Å²) >= 11 is 6.86. The lowest BCUT2D eigenvalue weighted by atomic mass is 10.2. The lowest BCUT2D eigenvalue weighted by Crippen LogP contribution is -2.24. The zero-order valence-corrected chi connectivity index (χ0v) is 12.8. The van der Waals surface area contributed by atoms with E-state index in [2.05, 4.69) is 27.9 Å². The van der Waals surface area contributed by atoms with Crippen LogP contribution in [-0.2, 0) is 0 Å². The second kappa shape index (κ2) is 7.52. The van der Waals surface area contributed by atoms with Crippen LogP contribution in [0.25, 0.3) is 0 Å². The number of nitrogens with one attached hydrogen (secondary N) is 1. The van der Waals surface area contributed by atoms with Gasteiger partial charge in [0.05, 0.1) is 10.6 Å². The number of unbranched alkanes of at least 4 members (excludes halogenated alkanes) is 1. The summed E-state index contributed by atoms with van der Waals surface area (Å²) in [5, 5.41) is 12.3. The highest BCUT2D eigenvalue weighted by Gasteiger charge is 2.10. The summed E-state index contributed by atoms with van der Waals surface area (Å²) in [5.74, 6) is -0.266. The highest BCUT2D eigenvalue weighted by atomic mass is 127. The van der Waals surface area contributed by atoms with Crippen LogP contribution in [0.3, 0.4) is 0 Å². The summed E-state index contributed by atoms with van der Waals surface area (Å²) < 4.78 is 0.907. The van der Waals surface area contributed by atoms with Crippen LogP contribution < -0.4 is 11.1 Å². The maximum atomic E-state index is 11.8. The molecule has 0 radical (unpaired) electrons. The van der Waals surface area contributed by atoms with Gasteiger partial charge in [-0.1, -0.05) is 12.2 Å². The topological polar surface area (TPSA) is 75.3 Å². The van der Waals surface area contributed by atoms with E-state index in [1.165, 1.54) is 6.07 Å². The van der Waals surface area contributed by atoms with Gasteiger partial charge in [0.1, 0.15) is 5.75 Å². The van der Waals surface area contributed by atoms with Crippen molar-refractivity contribution in [3.63, 3.8) is 0 Å². The molecule has 6 heteroatoms. The fraction of sp³-hybridized carbons (Fsp3) is 0.333. The fourth-order valence-corrected chi connectivity index (χ4v) is 2.05. The Morgan fingerprint density at radius 1 is 1.44 bits per heavy atom. The van der Waals surface area contributed by atoms with Crippen molar-refractivity contribution in [3.8, 4) is 5.75 Å². The normalized spacial score (nSPS) is 10.1. The van der Waals surface area contributed by atoms with Crippen LogP contribution >= 0.6 is 34.8 Å². The lowest BCUT2D eigenvalue weighted by Gasteiger charge is -2.07. The van der Waals surface area contributed by atoms with Crippen LogP contribution in [-0.4, -0.2) is 22.5 Å². The van der Waals surface area contributed by atoms with Crippen molar-refractivity contribution in [1.29, 1.82) is 0 Å². The van der Waals surface area contributed by atoms with E-state index in [0.717, 1.165) is 16.4 Å². The lowest BCUT2D eigenvalue weighted by molar-refractivity contribution is 0.0950. The van der Waals surface area contributed by atoms with E-state index in [0.29, 0.717) is 23.5 Å². The van der Waals surface area contributed by atoms with Gasteiger partial charge in [-0.15, -0.1) is 0 Å². The quantitative estimate of drug-likeness (QED) is 0.403. The number of nitrogens with two attached hydrogens (primary N) is 1. The first-order valence-corrected chi connectivity index (χ1v) is 7.04. The Kier molecular flexibility index (Phi) is 6.34. The zero-order valence-electron chi connectivity index (χ0n) is 9.78. The molecule has 0 bridgehead atoms. The minimum absolute atomic E-state index is 0.00366. The summed E-state index contributed by atoms with van der Waals surface area (Å²) in [4.78, 5) is 12.3. The van der Waals surface area contributed by atoms with Gasteiger partial charge in [0, 0.05) is 10.1 Å². The molecule has 1 aromatic rings. The Hall–Kier alpha value is -0.890. The number of benzene rings is 1. The number of phenols is 1. The minimum Gasteiger partial charge on any atom is -0.507 e. The Labute approximate surface area is 125 Å². The molecule has 98 valence electrons. The molecule has 1 aromatic carbocycles. The molecule has 0 saturated carbocycles. The van der Waals surface area contributed by atoms with Gasteiger partial charge < -0.3 is 16.2 Å². The Morgan fingerprint density at radius 2 is 2.17 bits per heavy atom. The molecule has 0 aliphatic carbocycles. The molecule has 0 aliphatic heterocycles. The molecule has 4 nitrogen and oxygen atoms in total. The SMILES string of the molecule is NC(=S)CCCCNC(=O)c1cc(I)ccc1O. The smallest absolute Gasteiger partial charge is 0.255 e. The monoisotopic (exact) mass is 378 g/mol. The maximum Gasteiger partial charge on any atom is 0.255 e. The van der Waals surface area contributed by atoms with Crippen LogP contribution in [0.15, 0.2) is 18.2 Å². The third-order valence-corrected chi connectivity index (χ3v) is 3.21. The summed E-state index contributed by atoms with van der Waals surface area (Å²) in [6.45, 7) is 0.548. The summed E-state index contributed by atoms with van der Waals surface area (Å²) in [5.41, 5.74) is 5.67. The molecule has 4 N–H and O–H groups in total. The fourth-order valence-electron chi connectivity index (χ4n) is 1.41. The van der Waals surface area contributed by atoms with Crippen LogP contribution in [0.5, 0.6) is 5.75 Å². The first-order chi connectivity index (χ1) is 8.50. The summed E-state index contributed by atoms with van der Waals surface area (Å²) in [6, 6.07) is 4.92. The predicted octanol–water partition coefficient (Wildman–Crippen LogP) is 2.18. The molecule has 0 fully saturated rings. The van der Waals surface area contributed by atoms with Crippen molar-refractivity contribution >= 4 is 45.7 Å². The minimum atomic E-state index is -0.263. The van der Waals surface area contributed by atoms with Gasteiger partial charge in [0.2, 0.25) is 0 Å². The third kappa shape index (κ3) is 5.18. The Bertz CT molecular complexity index is 452. The van der Waals surface area contributed by atoms with Gasteiger partial charge in [-0.25, -0.2) is 0 Å². The number of thiocarbonyl (C=S) groups is 1. The maximum absolute atomic E-state index is 11.8. The number of hydrogen-bond acceptors (Lipinski definition) is 3. The van der Waals surface area contributed by atoms with Crippen LogP contribution in [0.2, 0.25) is 0 Å². The van der Waals surface area contributed by atoms with Gasteiger partial charge in [0.25, 0.3) is 5.91 Å². The first kappa shape index (κ1) is 15.2. The second-order valence-electron chi connectivity index (χ2n) is 3.84. The van der Waals surface area contributed by atoms with E-state index in [4.69, 9.17) is 18.0 Å².